The second-order valence-electron chi connectivity index (χ2n) is 6.95. The molecule has 0 spiro atoms. The average molecular weight is 385 g/mol. The van der Waals surface area contributed by atoms with Crippen molar-refractivity contribution < 1.29 is 9.59 Å². The van der Waals surface area contributed by atoms with Crippen LogP contribution in [0.4, 0.5) is 0 Å². The molecule has 0 aliphatic carbocycles. The first-order chi connectivity index (χ1) is 13.1. The molecule has 0 unspecified atom stereocenters. The van der Waals surface area contributed by atoms with Gasteiger partial charge in [0.2, 0.25) is 5.91 Å². The summed E-state index contributed by atoms with van der Waals surface area (Å²) >= 11 is 6.15. The Morgan fingerprint density at radius 1 is 1.07 bits per heavy atom. The van der Waals surface area contributed by atoms with Crippen molar-refractivity contribution in [1.82, 2.24) is 10.2 Å². The van der Waals surface area contributed by atoms with Crippen molar-refractivity contribution in [2.75, 3.05) is 19.6 Å². The maximum atomic E-state index is 12.7. The van der Waals surface area contributed by atoms with Gasteiger partial charge < -0.3 is 10.2 Å². The Kier molecular flexibility index (Phi) is 6.88. The van der Waals surface area contributed by atoms with Crippen molar-refractivity contribution in [1.29, 1.82) is 0 Å². The molecule has 2 aromatic rings. The van der Waals surface area contributed by atoms with E-state index in [4.69, 9.17) is 11.6 Å². The van der Waals surface area contributed by atoms with Crippen LogP contribution in [0.25, 0.3) is 0 Å². The molecule has 142 valence electrons. The Labute approximate surface area is 165 Å². The highest BCUT2D eigenvalue weighted by molar-refractivity contribution is 6.33. The Balaban J connectivity index is 1.48. The van der Waals surface area contributed by atoms with Gasteiger partial charge in [0.15, 0.2) is 0 Å². The van der Waals surface area contributed by atoms with E-state index in [0.717, 1.165) is 25.7 Å². The number of likely N-dealkylation sites (tertiary alicyclic amines) is 1. The van der Waals surface area contributed by atoms with Crippen LogP contribution in [0.3, 0.4) is 0 Å². The zero-order valence-electron chi connectivity index (χ0n) is 15.4. The number of piperidine rings is 1. The van der Waals surface area contributed by atoms with Crippen LogP contribution in [-0.2, 0) is 11.2 Å². The van der Waals surface area contributed by atoms with Gasteiger partial charge in [-0.05, 0) is 43.4 Å². The summed E-state index contributed by atoms with van der Waals surface area (Å²) in [4.78, 5) is 27.0. The molecule has 1 aliphatic heterocycles. The van der Waals surface area contributed by atoms with Gasteiger partial charge in [-0.1, -0.05) is 54.1 Å². The lowest BCUT2D eigenvalue weighted by Gasteiger charge is -2.32. The van der Waals surface area contributed by atoms with Crippen LogP contribution in [0, 0.1) is 5.92 Å². The molecule has 5 heteroatoms. The van der Waals surface area contributed by atoms with E-state index in [-0.39, 0.29) is 17.7 Å². The summed E-state index contributed by atoms with van der Waals surface area (Å²) in [5, 5.41) is 3.48. The van der Waals surface area contributed by atoms with Crippen LogP contribution in [0.2, 0.25) is 5.02 Å². The third-order valence-electron chi connectivity index (χ3n) is 4.97. The van der Waals surface area contributed by atoms with E-state index in [2.05, 4.69) is 17.4 Å². The number of amides is 2. The zero-order chi connectivity index (χ0) is 19.1. The van der Waals surface area contributed by atoms with Crippen molar-refractivity contribution in [2.24, 2.45) is 5.92 Å². The normalized spacial score (nSPS) is 16.8. The second kappa shape index (κ2) is 9.56. The lowest BCUT2D eigenvalue weighted by Crippen LogP contribution is -2.45. The number of hydrogen-bond acceptors (Lipinski definition) is 2. The Hall–Kier alpha value is -2.33. The SMILES string of the molecule is O=C(NCCCc1ccccc1)[C@@H]1CCCN(C(=O)c2ccccc2Cl)C1. The lowest BCUT2D eigenvalue weighted by atomic mass is 9.96. The molecule has 1 atom stereocenters. The fourth-order valence-corrected chi connectivity index (χ4v) is 3.69. The molecule has 0 bridgehead atoms. The molecular formula is C22H25ClN2O2. The number of halogens is 1. The van der Waals surface area contributed by atoms with Crippen molar-refractivity contribution in [3.8, 4) is 0 Å². The summed E-state index contributed by atoms with van der Waals surface area (Å²) in [6.45, 7) is 1.78. The number of rotatable bonds is 6. The monoisotopic (exact) mass is 384 g/mol. The molecule has 1 saturated heterocycles. The fraction of sp³-hybridized carbons (Fsp3) is 0.364. The lowest BCUT2D eigenvalue weighted by molar-refractivity contribution is -0.126. The van der Waals surface area contributed by atoms with Gasteiger partial charge in [-0.15, -0.1) is 0 Å². The fourth-order valence-electron chi connectivity index (χ4n) is 3.47. The predicted octanol–water partition coefficient (Wildman–Crippen LogP) is 3.94. The molecule has 2 amide bonds. The second-order valence-corrected chi connectivity index (χ2v) is 7.36. The molecule has 27 heavy (non-hydrogen) atoms. The first kappa shape index (κ1) is 19.4. The first-order valence-corrected chi connectivity index (χ1v) is 9.88. The van der Waals surface area contributed by atoms with Crippen molar-refractivity contribution in [2.45, 2.75) is 25.7 Å². The molecule has 0 aromatic heterocycles. The van der Waals surface area contributed by atoms with Crippen molar-refractivity contribution in [3.63, 3.8) is 0 Å². The number of nitrogens with one attached hydrogen (secondary N) is 1. The quantitative estimate of drug-likeness (QED) is 0.767. The summed E-state index contributed by atoms with van der Waals surface area (Å²) in [5.41, 5.74) is 1.78. The van der Waals surface area contributed by atoms with Gasteiger partial charge in [-0.25, -0.2) is 0 Å². The molecule has 3 rings (SSSR count). The summed E-state index contributed by atoms with van der Waals surface area (Å²) in [6, 6.07) is 17.3. The zero-order valence-corrected chi connectivity index (χ0v) is 16.1. The number of benzene rings is 2. The molecule has 1 N–H and O–H groups in total. The van der Waals surface area contributed by atoms with E-state index in [1.54, 1.807) is 29.2 Å². The van der Waals surface area contributed by atoms with E-state index in [1.807, 2.05) is 18.2 Å². The predicted molar refractivity (Wildman–Crippen MR) is 108 cm³/mol. The maximum Gasteiger partial charge on any atom is 0.255 e. The van der Waals surface area contributed by atoms with E-state index >= 15 is 0 Å². The Morgan fingerprint density at radius 3 is 2.59 bits per heavy atom. The van der Waals surface area contributed by atoms with Crippen LogP contribution in [0.5, 0.6) is 0 Å². The molecule has 0 saturated carbocycles. The third kappa shape index (κ3) is 5.33. The largest absolute Gasteiger partial charge is 0.356 e. The van der Waals surface area contributed by atoms with Gasteiger partial charge in [0.25, 0.3) is 5.91 Å². The van der Waals surface area contributed by atoms with Gasteiger partial charge in [0.05, 0.1) is 16.5 Å². The standard InChI is InChI=1S/C22H25ClN2O2/c23-20-13-5-4-12-19(20)22(27)25-15-7-11-18(16-25)21(26)24-14-6-10-17-8-2-1-3-9-17/h1-5,8-9,12-13,18H,6-7,10-11,14-16H2,(H,24,26)/t18-/m1/s1. The molecule has 0 radical (unpaired) electrons. The molecule has 1 aliphatic rings. The minimum absolute atomic E-state index is 0.0414. The number of carbonyl (C=O) groups excluding carboxylic acids is 2. The summed E-state index contributed by atoms with van der Waals surface area (Å²) in [6.07, 6.45) is 3.50. The van der Waals surface area contributed by atoms with E-state index in [1.165, 1.54) is 5.56 Å². The van der Waals surface area contributed by atoms with Crippen LogP contribution < -0.4 is 5.32 Å². The average Bonchev–Trinajstić information content (AvgIpc) is 2.72. The minimum atomic E-state index is -0.151. The van der Waals surface area contributed by atoms with Gasteiger partial charge in [-0.2, -0.15) is 0 Å². The Morgan fingerprint density at radius 2 is 1.81 bits per heavy atom. The minimum Gasteiger partial charge on any atom is -0.356 e. The number of hydrogen-bond donors (Lipinski definition) is 1. The maximum absolute atomic E-state index is 12.7. The molecule has 2 aromatic carbocycles. The third-order valence-corrected chi connectivity index (χ3v) is 5.30. The van der Waals surface area contributed by atoms with E-state index in [9.17, 15) is 9.59 Å². The van der Waals surface area contributed by atoms with Gasteiger partial charge in [0, 0.05) is 19.6 Å². The van der Waals surface area contributed by atoms with Crippen LogP contribution in [0.15, 0.2) is 54.6 Å². The topological polar surface area (TPSA) is 49.4 Å². The first-order valence-electron chi connectivity index (χ1n) is 9.50. The van der Waals surface area contributed by atoms with Crippen LogP contribution in [0.1, 0.15) is 35.2 Å². The summed E-state index contributed by atoms with van der Waals surface area (Å²) < 4.78 is 0. The van der Waals surface area contributed by atoms with E-state index < -0.39 is 0 Å². The summed E-state index contributed by atoms with van der Waals surface area (Å²) in [7, 11) is 0. The molecule has 1 fully saturated rings. The highest BCUT2D eigenvalue weighted by atomic mass is 35.5. The van der Waals surface area contributed by atoms with Gasteiger partial charge in [0.1, 0.15) is 0 Å². The highest BCUT2D eigenvalue weighted by Crippen LogP contribution is 2.22. The molecular weight excluding hydrogens is 360 g/mol. The van der Waals surface area contributed by atoms with Crippen molar-refractivity contribution in [3.05, 3.63) is 70.7 Å². The van der Waals surface area contributed by atoms with Crippen molar-refractivity contribution >= 4 is 23.4 Å². The van der Waals surface area contributed by atoms with E-state index in [0.29, 0.717) is 30.2 Å². The Bertz CT molecular complexity index is 779. The molecule has 4 nitrogen and oxygen atoms in total. The number of nitrogens with zero attached hydrogens (tertiary/aromatic N) is 1. The molecule has 1 heterocycles. The van der Waals surface area contributed by atoms with Gasteiger partial charge in [-0.3, -0.25) is 9.59 Å². The number of carbonyl (C=O) groups is 2. The highest BCUT2D eigenvalue weighted by Gasteiger charge is 2.29. The number of aryl methyl sites for hydroxylation is 1. The van der Waals surface area contributed by atoms with Gasteiger partial charge >= 0.3 is 0 Å². The van der Waals surface area contributed by atoms with Crippen LogP contribution >= 0.6 is 11.6 Å². The smallest absolute Gasteiger partial charge is 0.255 e. The summed E-state index contributed by atoms with van der Waals surface area (Å²) in [5.74, 6) is -0.205. The van der Waals surface area contributed by atoms with Crippen LogP contribution in [-0.4, -0.2) is 36.3 Å².